The summed E-state index contributed by atoms with van der Waals surface area (Å²) < 4.78 is 28.7. The molecule has 0 radical (unpaired) electrons. The highest BCUT2D eigenvalue weighted by Gasteiger charge is 2.40. The highest BCUT2D eigenvalue weighted by Crippen LogP contribution is 2.40. The maximum atomic E-state index is 13.3. The second kappa shape index (κ2) is 6.11. The van der Waals surface area contributed by atoms with Gasteiger partial charge in [-0.25, -0.2) is 4.98 Å². The molecule has 1 aromatic heterocycles. The van der Waals surface area contributed by atoms with Crippen LogP contribution < -0.4 is 10.1 Å². The van der Waals surface area contributed by atoms with Crippen LogP contribution in [0.4, 0.5) is 0 Å². The number of carbonyl (C=O) groups excluding carboxylic acids is 2. The van der Waals surface area contributed by atoms with E-state index in [9.17, 15) is 9.59 Å². The molecule has 27 heavy (non-hydrogen) atoms. The quantitative estimate of drug-likeness (QED) is 0.881. The molecule has 142 valence electrons. The number of nitrogens with one attached hydrogen (secondary N) is 1. The lowest BCUT2D eigenvalue weighted by molar-refractivity contribution is 0.0734. The van der Waals surface area contributed by atoms with E-state index < -0.39 is 12.6 Å². The third-order valence-corrected chi connectivity index (χ3v) is 4.91. The predicted molar refractivity (Wildman–Crippen MR) is 100 cm³/mol. The smallest absolute Gasteiger partial charge is 0.272 e. The number of carbonyl (C=O) groups is 2. The number of aromatic nitrogens is 2. The van der Waals surface area contributed by atoms with Gasteiger partial charge in [-0.2, -0.15) is 0 Å². The zero-order chi connectivity index (χ0) is 21.8. The number of imidazole rings is 1. The number of methoxy groups -OCH3 is 1. The van der Waals surface area contributed by atoms with Crippen molar-refractivity contribution in [1.82, 2.24) is 19.8 Å². The SMILES string of the molecule is [2H]C([2H])([2H])Oc1ccc2c(c1)C(=O)N1CCC[C@H]1c1c(C(=O)NC(C)(C)C)ncn1-2. The number of ether oxygens (including phenoxy) is 1. The Morgan fingerprint density at radius 1 is 1.41 bits per heavy atom. The highest BCUT2D eigenvalue weighted by atomic mass is 16.5. The second-order valence-corrected chi connectivity index (χ2v) is 7.99. The number of fused-ring (bicyclic) bond motifs is 5. The summed E-state index contributed by atoms with van der Waals surface area (Å²) in [6.45, 7) is 6.24. The Balaban J connectivity index is 1.85. The van der Waals surface area contributed by atoms with Crippen molar-refractivity contribution in [2.75, 3.05) is 13.6 Å². The number of hydrogen-bond donors (Lipinski definition) is 1. The topological polar surface area (TPSA) is 76.5 Å². The molecule has 1 N–H and O–H groups in total. The van der Waals surface area contributed by atoms with Gasteiger partial charge in [-0.15, -0.1) is 0 Å². The summed E-state index contributed by atoms with van der Waals surface area (Å²) in [5.41, 5.74) is 1.41. The van der Waals surface area contributed by atoms with Crippen molar-refractivity contribution >= 4 is 11.8 Å². The molecular formula is C20H24N4O3. The van der Waals surface area contributed by atoms with Gasteiger partial charge in [0, 0.05) is 12.1 Å². The first-order valence-corrected chi connectivity index (χ1v) is 8.99. The maximum absolute atomic E-state index is 13.3. The minimum absolute atomic E-state index is 0.0899. The van der Waals surface area contributed by atoms with Gasteiger partial charge in [-0.3, -0.25) is 14.2 Å². The minimum Gasteiger partial charge on any atom is -0.497 e. The van der Waals surface area contributed by atoms with Gasteiger partial charge in [0.2, 0.25) is 0 Å². The molecule has 7 nitrogen and oxygen atoms in total. The average Bonchev–Trinajstić information content (AvgIpc) is 3.22. The average molecular weight is 371 g/mol. The van der Waals surface area contributed by atoms with Gasteiger partial charge in [-0.05, 0) is 51.8 Å². The summed E-state index contributed by atoms with van der Waals surface area (Å²) in [5, 5.41) is 2.94. The largest absolute Gasteiger partial charge is 0.497 e. The molecule has 7 heteroatoms. The molecule has 2 aromatic rings. The Morgan fingerprint density at radius 2 is 2.22 bits per heavy atom. The predicted octanol–water partition coefficient (Wildman–Crippen LogP) is 2.70. The van der Waals surface area contributed by atoms with E-state index in [1.165, 1.54) is 12.1 Å². The lowest BCUT2D eigenvalue weighted by Crippen LogP contribution is -2.41. The highest BCUT2D eigenvalue weighted by molar-refractivity contribution is 6.00. The third-order valence-electron chi connectivity index (χ3n) is 4.91. The zero-order valence-corrected chi connectivity index (χ0v) is 15.6. The van der Waals surface area contributed by atoms with Gasteiger partial charge >= 0.3 is 0 Å². The molecule has 3 heterocycles. The first kappa shape index (κ1) is 14.3. The van der Waals surface area contributed by atoms with Gasteiger partial charge in [0.15, 0.2) is 5.69 Å². The van der Waals surface area contributed by atoms with Crippen LogP contribution in [-0.2, 0) is 0 Å². The molecule has 0 spiro atoms. The van der Waals surface area contributed by atoms with Gasteiger partial charge < -0.3 is 15.0 Å². The van der Waals surface area contributed by atoms with E-state index in [0.29, 0.717) is 29.2 Å². The standard InChI is InChI=1S/C20H24N4O3/c1-20(2,3)22-18(25)16-17-15-6-5-9-23(15)19(26)13-10-12(27-4)7-8-14(13)24(17)11-21-16/h7-8,10-11,15H,5-6,9H2,1-4H3,(H,22,25)/t15-/m0/s1/i4D3. The van der Waals surface area contributed by atoms with Gasteiger partial charge in [0.1, 0.15) is 12.1 Å². The van der Waals surface area contributed by atoms with Crippen LogP contribution >= 0.6 is 0 Å². The van der Waals surface area contributed by atoms with Crippen molar-refractivity contribution in [1.29, 1.82) is 0 Å². The van der Waals surface area contributed by atoms with Crippen LogP contribution in [0, 0.1) is 0 Å². The molecular weight excluding hydrogens is 344 g/mol. The van der Waals surface area contributed by atoms with E-state index >= 15 is 0 Å². The summed E-state index contributed by atoms with van der Waals surface area (Å²) in [6.07, 6.45) is 3.08. The molecule has 1 fully saturated rings. The van der Waals surface area contributed by atoms with E-state index in [2.05, 4.69) is 10.3 Å². The number of amides is 2. The van der Waals surface area contributed by atoms with Crippen molar-refractivity contribution in [3.05, 3.63) is 41.5 Å². The lowest BCUT2D eigenvalue weighted by Gasteiger charge is -2.24. The first-order valence-electron chi connectivity index (χ1n) is 10.5. The summed E-state index contributed by atoms with van der Waals surface area (Å²) in [5.74, 6) is -0.414. The van der Waals surface area contributed by atoms with Crippen molar-refractivity contribution in [2.24, 2.45) is 0 Å². The van der Waals surface area contributed by atoms with E-state index in [-0.39, 0.29) is 23.6 Å². The molecule has 1 saturated heterocycles. The van der Waals surface area contributed by atoms with Crippen LogP contribution in [0.3, 0.4) is 0 Å². The van der Waals surface area contributed by atoms with Gasteiger partial charge in [-0.1, -0.05) is 0 Å². The molecule has 2 amide bonds. The van der Waals surface area contributed by atoms with E-state index in [4.69, 9.17) is 8.85 Å². The Bertz CT molecular complexity index is 1020. The molecule has 2 aliphatic heterocycles. The Labute approximate surface area is 162 Å². The summed E-state index contributed by atoms with van der Waals surface area (Å²) in [6, 6.07) is 4.31. The van der Waals surface area contributed by atoms with Crippen LogP contribution in [0.1, 0.15) is 70.3 Å². The molecule has 4 rings (SSSR count). The van der Waals surface area contributed by atoms with Crippen LogP contribution in [0.25, 0.3) is 5.69 Å². The summed E-state index contributed by atoms with van der Waals surface area (Å²) in [4.78, 5) is 32.3. The van der Waals surface area contributed by atoms with Crippen LogP contribution in [0.15, 0.2) is 24.5 Å². The minimum atomic E-state index is -2.61. The normalized spacial score (nSPS) is 20.6. The van der Waals surface area contributed by atoms with E-state index in [1.807, 2.05) is 20.8 Å². The van der Waals surface area contributed by atoms with Crippen molar-refractivity contribution in [2.45, 2.75) is 45.2 Å². The monoisotopic (exact) mass is 371 g/mol. The fraction of sp³-hybridized carbons (Fsp3) is 0.450. The second-order valence-electron chi connectivity index (χ2n) is 7.99. The Hall–Kier alpha value is -2.83. The fourth-order valence-corrected chi connectivity index (χ4v) is 3.85. The molecule has 0 aliphatic carbocycles. The molecule has 0 unspecified atom stereocenters. The zero-order valence-electron chi connectivity index (χ0n) is 18.6. The van der Waals surface area contributed by atoms with Crippen LogP contribution in [0.5, 0.6) is 5.75 Å². The van der Waals surface area contributed by atoms with Crippen molar-refractivity contribution < 1.29 is 18.4 Å². The number of rotatable bonds is 2. The van der Waals surface area contributed by atoms with Crippen molar-refractivity contribution in [3.8, 4) is 11.4 Å². The third kappa shape index (κ3) is 2.87. The number of nitrogens with zero attached hydrogens (tertiary/aromatic N) is 3. The van der Waals surface area contributed by atoms with Gasteiger partial charge in [0.05, 0.1) is 34.1 Å². The lowest BCUT2D eigenvalue weighted by atomic mass is 10.1. The molecule has 1 aromatic carbocycles. The maximum Gasteiger partial charge on any atom is 0.272 e. The number of benzene rings is 1. The molecule has 0 saturated carbocycles. The van der Waals surface area contributed by atoms with Crippen LogP contribution in [-0.4, -0.2) is 45.4 Å². The first-order chi connectivity index (χ1) is 13.9. The van der Waals surface area contributed by atoms with Crippen molar-refractivity contribution in [3.63, 3.8) is 0 Å². The van der Waals surface area contributed by atoms with E-state index in [0.717, 1.165) is 12.8 Å². The fourth-order valence-electron chi connectivity index (χ4n) is 3.85. The van der Waals surface area contributed by atoms with E-state index in [1.54, 1.807) is 21.9 Å². The summed E-state index contributed by atoms with van der Waals surface area (Å²) >= 11 is 0. The Kier molecular flexibility index (Phi) is 3.23. The van der Waals surface area contributed by atoms with Gasteiger partial charge in [0.25, 0.3) is 11.8 Å². The molecule has 0 bridgehead atoms. The molecule has 2 aliphatic rings. The Morgan fingerprint density at radius 3 is 2.96 bits per heavy atom. The van der Waals surface area contributed by atoms with Crippen LogP contribution in [0.2, 0.25) is 0 Å². The number of hydrogen-bond acceptors (Lipinski definition) is 4. The molecule has 1 atom stereocenters. The summed E-state index contributed by atoms with van der Waals surface area (Å²) in [7, 11) is -2.61.